The topological polar surface area (TPSA) is 54.7 Å². The lowest BCUT2D eigenvalue weighted by Gasteiger charge is -1.96. The highest BCUT2D eigenvalue weighted by molar-refractivity contribution is 5.58. The van der Waals surface area contributed by atoms with Gasteiger partial charge in [-0.15, -0.1) is 0 Å². The number of aromatic nitrogens is 2. The van der Waals surface area contributed by atoms with E-state index in [9.17, 15) is 0 Å². The first kappa shape index (κ1) is 6.91. The zero-order chi connectivity index (χ0) is 8.39. The molecule has 2 aromatic rings. The van der Waals surface area contributed by atoms with Gasteiger partial charge in [0.1, 0.15) is 5.82 Å². The number of aromatic amines is 1. The second kappa shape index (κ2) is 2.70. The molecule has 1 heterocycles. The van der Waals surface area contributed by atoms with Gasteiger partial charge in [-0.1, -0.05) is 0 Å². The SMILES string of the molecule is Nc1ccc(-c2nc[c][nH]2)cc1. The summed E-state index contributed by atoms with van der Waals surface area (Å²) in [5, 5.41) is 0. The number of nitrogens with two attached hydrogens (primary N) is 1. The average Bonchev–Trinajstić information content (AvgIpc) is 2.58. The highest BCUT2D eigenvalue weighted by Crippen LogP contribution is 2.15. The van der Waals surface area contributed by atoms with Crippen molar-refractivity contribution in [2.24, 2.45) is 0 Å². The van der Waals surface area contributed by atoms with E-state index in [-0.39, 0.29) is 0 Å². The predicted octanol–water partition coefficient (Wildman–Crippen LogP) is 1.46. The lowest BCUT2D eigenvalue weighted by Crippen LogP contribution is -1.84. The molecule has 0 amide bonds. The third-order valence-electron chi connectivity index (χ3n) is 1.63. The minimum absolute atomic E-state index is 0.759. The van der Waals surface area contributed by atoms with Crippen LogP contribution in [0.25, 0.3) is 11.4 Å². The van der Waals surface area contributed by atoms with Crippen molar-refractivity contribution in [1.82, 2.24) is 9.97 Å². The van der Waals surface area contributed by atoms with E-state index in [2.05, 4.69) is 16.2 Å². The molecule has 0 saturated carbocycles. The number of rotatable bonds is 1. The fourth-order valence-corrected chi connectivity index (χ4v) is 1.02. The Labute approximate surface area is 70.3 Å². The lowest BCUT2D eigenvalue weighted by atomic mass is 10.2. The summed E-state index contributed by atoms with van der Waals surface area (Å²) in [6.45, 7) is 0. The Morgan fingerprint density at radius 2 is 2.00 bits per heavy atom. The molecule has 2 rings (SSSR count). The molecule has 1 radical (unpaired) electrons. The van der Waals surface area contributed by atoms with Gasteiger partial charge in [0.25, 0.3) is 0 Å². The normalized spacial score (nSPS) is 10.0. The number of nitrogens with one attached hydrogen (secondary N) is 1. The van der Waals surface area contributed by atoms with E-state index in [1.54, 1.807) is 6.20 Å². The first-order valence-corrected chi connectivity index (χ1v) is 3.63. The van der Waals surface area contributed by atoms with Gasteiger partial charge in [-0.05, 0) is 24.3 Å². The molecule has 0 bridgehead atoms. The van der Waals surface area contributed by atoms with Crippen LogP contribution in [0.3, 0.4) is 0 Å². The van der Waals surface area contributed by atoms with Crippen LogP contribution in [0.5, 0.6) is 0 Å². The van der Waals surface area contributed by atoms with Crippen molar-refractivity contribution in [3.63, 3.8) is 0 Å². The molecule has 0 aliphatic carbocycles. The summed E-state index contributed by atoms with van der Waals surface area (Å²) in [7, 11) is 0. The Bertz CT molecular complexity index is 348. The van der Waals surface area contributed by atoms with Crippen molar-refractivity contribution in [3.05, 3.63) is 36.7 Å². The Morgan fingerprint density at radius 3 is 2.58 bits per heavy atom. The van der Waals surface area contributed by atoms with Crippen LogP contribution in [0.4, 0.5) is 5.69 Å². The van der Waals surface area contributed by atoms with Crippen LogP contribution in [0.15, 0.2) is 30.5 Å². The molecule has 0 unspecified atom stereocenters. The van der Waals surface area contributed by atoms with Crippen molar-refractivity contribution in [2.45, 2.75) is 0 Å². The number of imidazole rings is 1. The van der Waals surface area contributed by atoms with Crippen LogP contribution in [0.2, 0.25) is 0 Å². The summed E-state index contributed by atoms with van der Waals surface area (Å²) >= 11 is 0. The first-order valence-electron chi connectivity index (χ1n) is 3.63. The van der Waals surface area contributed by atoms with Gasteiger partial charge < -0.3 is 10.7 Å². The molecule has 12 heavy (non-hydrogen) atoms. The van der Waals surface area contributed by atoms with Crippen molar-refractivity contribution in [1.29, 1.82) is 0 Å². The third-order valence-corrected chi connectivity index (χ3v) is 1.63. The molecule has 0 saturated heterocycles. The summed E-state index contributed by atoms with van der Waals surface area (Å²) in [6, 6.07) is 7.53. The molecule has 0 aliphatic rings. The number of H-pyrrole nitrogens is 1. The summed E-state index contributed by atoms with van der Waals surface area (Å²) in [4.78, 5) is 6.96. The molecule has 0 aliphatic heterocycles. The van der Waals surface area contributed by atoms with Gasteiger partial charge in [-0.3, -0.25) is 0 Å². The van der Waals surface area contributed by atoms with Gasteiger partial charge in [-0.2, -0.15) is 0 Å². The molecule has 0 atom stereocenters. The minimum Gasteiger partial charge on any atom is -0.399 e. The minimum atomic E-state index is 0.759. The maximum Gasteiger partial charge on any atom is 0.137 e. The van der Waals surface area contributed by atoms with E-state index in [0.29, 0.717) is 0 Å². The van der Waals surface area contributed by atoms with Gasteiger partial charge in [-0.25, -0.2) is 4.98 Å². The smallest absolute Gasteiger partial charge is 0.137 e. The van der Waals surface area contributed by atoms with Crippen molar-refractivity contribution >= 4 is 5.69 Å². The fourth-order valence-electron chi connectivity index (χ4n) is 1.02. The van der Waals surface area contributed by atoms with Crippen LogP contribution < -0.4 is 5.73 Å². The summed E-state index contributed by atoms with van der Waals surface area (Å²) < 4.78 is 0. The Morgan fingerprint density at radius 1 is 1.25 bits per heavy atom. The largest absolute Gasteiger partial charge is 0.399 e. The highest BCUT2D eigenvalue weighted by atomic mass is 14.9. The average molecular weight is 158 g/mol. The molecule has 0 spiro atoms. The Kier molecular flexibility index (Phi) is 1.55. The molecule has 59 valence electrons. The van der Waals surface area contributed by atoms with E-state index in [1.165, 1.54) is 0 Å². The molecule has 1 aromatic heterocycles. The maximum absolute atomic E-state index is 5.54. The van der Waals surface area contributed by atoms with Crippen molar-refractivity contribution < 1.29 is 0 Å². The molecule has 1 aromatic carbocycles. The fraction of sp³-hybridized carbons (Fsp3) is 0. The van der Waals surface area contributed by atoms with E-state index < -0.39 is 0 Å². The predicted molar refractivity (Wildman–Crippen MR) is 47.3 cm³/mol. The van der Waals surface area contributed by atoms with Crippen LogP contribution in [0.1, 0.15) is 0 Å². The molecular formula is C9H8N3. The van der Waals surface area contributed by atoms with E-state index in [1.807, 2.05) is 24.3 Å². The zero-order valence-electron chi connectivity index (χ0n) is 6.41. The second-order valence-corrected chi connectivity index (χ2v) is 2.50. The number of hydrogen-bond acceptors (Lipinski definition) is 2. The van der Waals surface area contributed by atoms with E-state index in [4.69, 9.17) is 5.73 Å². The standard InChI is InChI=1S/C9H8N3/c10-8-3-1-7(2-4-8)9-11-5-6-12-9/h1-5H,10H2,(H,11,12). The second-order valence-electron chi connectivity index (χ2n) is 2.50. The van der Waals surface area contributed by atoms with Gasteiger partial charge in [0.15, 0.2) is 0 Å². The number of nitrogens with zero attached hydrogens (tertiary/aromatic N) is 1. The van der Waals surface area contributed by atoms with Crippen LogP contribution in [0, 0.1) is 6.20 Å². The van der Waals surface area contributed by atoms with E-state index >= 15 is 0 Å². The number of benzene rings is 1. The first-order chi connectivity index (χ1) is 5.86. The summed E-state index contributed by atoms with van der Waals surface area (Å²) in [6.07, 6.45) is 4.38. The molecule has 0 fully saturated rings. The lowest BCUT2D eigenvalue weighted by molar-refractivity contribution is 1.31. The molecule has 3 N–H and O–H groups in total. The maximum atomic E-state index is 5.54. The Hall–Kier alpha value is -1.77. The zero-order valence-corrected chi connectivity index (χ0v) is 6.41. The number of hydrogen-bond donors (Lipinski definition) is 2. The van der Waals surface area contributed by atoms with Crippen molar-refractivity contribution in [2.75, 3.05) is 5.73 Å². The summed E-state index contributed by atoms with van der Waals surface area (Å²) in [5.41, 5.74) is 7.32. The van der Waals surface area contributed by atoms with Crippen LogP contribution >= 0.6 is 0 Å². The van der Waals surface area contributed by atoms with Crippen molar-refractivity contribution in [3.8, 4) is 11.4 Å². The number of anilines is 1. The van der Waals surface area contributed by atoms with Crippen LogP contribution in [-0.4, -0.2) is 9.97 Å². The van der Waals surface area contributed by atoms with Crippen LogP contribution in [-0.2, 0) is 0 Å². The summed E-state index contributed by atoms with van der Waals surface area (Å²) in [5.74, 6) is 0.815. The molecular weight excluding hydrogens is 150 g/mol. The monoisotopic (exact) mass is 158 g/mol. The molecule has 3 nitrogen and oxygen atoms in total. The third kappa shape index (κ3) is 1.16. The van der Waals surface area contributed by atoms with E-state index in [0.717, 1.165) is 17.1 Å². The molecule has 3 heteroatoms. The highest BCUT2D eigenvalue weighted by Gasteiger charge is 1.97. The van der Waals surface area contributed by atoms with Gasteiger partial charge in [0.05, 0.1) is 12.4 Å². The Balaban J connectivity index is 2.43. The quantitative estimate of drug-likeness (QED) is 0.617. The van der Waals surface area contributed by atoms with Gasteiger partial charge >= 0.3 is 0 Å². The number of nitrogen functional groups attached to an aromatic ring is 1. The van der Waals surface area contributed by atoms with Gasteiger partial charge in [0, 0.05) is 11.3 Å². The van der Waals surface area contributed by atoms with Gasteiger partial charge in [0.2, 0.25) is 0 Å².